The molecule has 0 spiro atoms. The Morgan fingerprint density at radius 1 is 0.857 bits per heavy atom. The quantitative estimate of drug-likeness (QED) is 0.352. The van der Waals surface area contributed by atoms with Gasteiger partial charge in [0.05, 0.1) is 11.1 Å². The minimum absolute atomic E-state index is 0.403. The number of nitrogens with zero attached hydrogens (tertiary/aromatic N) is 1. The van der Waals surface area contributed by atoms with Gasteiger partial charge in [0.15, 0.2) is 0 Å². The third kappa shape index (κ3) is 4.01. The van der Waals surface area contributed by atoms with Crippen molar-refractivity contribution in [2.24, 2.45) is 0 Å². The molecule has 0 saturated heterocycles. The number of para-hydroxylation sites is 1. The summed E-state index contributed by atoms with van der Waals surface area (Å²) < 4.78 is 11.3. The molecular weight excluding hydrogens is 350 g/mol. The van der Waals surface area contributed by atoms with E-state index in [1.165, 1.54) is 0 Å². The van der Waals surface area contributed by atoms with Gasteiger partial charge in [-0.3, -0.25) is 4.98 Å². The van der Waals surface area contributed by atoms with E-state index in [1.807, 2.05) is 61.5 Å². The first-order chi connectivity index (χ1) is 13.7. The number of rotatable bonds is 5. The number of benzene rings is 3. The van der Waals surface area contributed by atoms with Gasteiger partial charge in [0.25, 0.3) is 0 Å². The Labute approximate surface area is 163 Å². The number of fused-ring (bicyclic) bond motifs is 1. The maximum atomic E-state index is 12.7. The molecule has 0 radical (unpaired) electrons. The van der Waals surface area contributed by atoms with E-state index >= 15 is 0 Å². The second-order valence-electron chi connectivity index (χ2n) is 6.46. The number of esters is 1. The summed E-state index contributed by atoms with van der Waals surface area (Å²) in [5.41, 5.74) is 3.15. The van der Waals surface area contributed by atoms with Crippen LogP contribution in [0.2, 0.25) is 0 Å². The molecular formula is C24H19NO3. The molecule has 1 heterocycles. The van der Waals surface area contributed by atoms with Crippen LogP contribution in [0.1, 0.15) is 21.6 Å². The molecule has 0 N–H and O–H groups in total. The van der Waals surface area contributed by atoms with Crippen LogP contribution in [0.5, 0.6) is 11.5 Å². The number of carbonyl (C=O) groups excluding carboxylic acids is 1. The fourth-order valence-electron chi connectivity index (χ4n) is 2.98. The third-order valence-corrected chi connectivity index (χ3v) is 4.35. The fraction of sp³-hybridized carbons (Fsp3) is 0.0833. The second-order valence-corrected chi connectivity index (χ2v) is 6.46. The van der Waals surface area contributed by atoms with Gasteiger partial charge in [0.1, 0.15) is 18.1 Å². The van der Waals surface area contributed by atoms with Gasteiger partial charge in [-0.25, -0.2) is 4.79 Å². The zero-order chi connectivity index (χ0) is 19.3. The zero-order valence-corrected chi connectivity index (χ0v) is 15.5. The van der Waals surface area contributed by atoms with Crippen molar-refractivity contribution >= 4 is 16.9 Å². The van der Waals surface area contributed by atoms with Crippen LogP contribution in [0.4, 0.5) is 0 Å². The van der Waals surface area contributed by atoms with Gasteiger partial charge in [-0.15, -0.1) is 0 Å². The average molecular weight is 369 g/mol. The minimum atomic E-state index is -0.403. The highest BCUT2D eigenvalue weighted by molar-refractivity contribution is 6.04. The Kier molecular flexibility index (Phi) is 5.02. The number of pyridine rings is 1. The lowest BCUT2D eigenvalue weighted by molar-refractivity contribution is 0.0736. The lowest BCUT2D eigenvalue weighted by atomic mass is 10.1. The maximum Gasteiger partial charge on any atom is 0.344 e. The molecule has 0 unspecified atom stereocenters. The van der Waals surface area contributed by atoms with Gasteiger partial charge in [-0.1, -0.05) is 48.5 Å². The Morgan fingerprint density at radius 3 is 2.32 bits per heavy atom. The topological polar surface area (TPSA) is 48.4 Å². The molecule has 4 rings (SSSR count). The summed E-state index contributed by atoms with van der Waals surface area (Å²) in [6.07, 6.45) is 0. The van der Waals surface area contributed by atoms with Crippen LogP contribution in [0.25, 0.3) is 10.9 Å². The van der Waals surface area contributed by atoms with E-state index in [2.05, 4.69) is 4.98 Å². The average Bonchev–Trinajstić information content (AvgIpc) is 2.73. The van der Waals surface area contributed by atoms with E-state index in [0.29, 0.717) is 23.7 Å². The first-order valence-corrected chi connectivity index (χ1v) is 9.04. The highest BCUT2D eigenvalue weighted by Crippen LogP contribution is 2.23. The lowest BCUT2D eigenvalue weighted by Gasteiger charge is -2.10. The van der Waals surface area contributed by atoms with Crippen molar-refractivity contribution in [1.29, 1.82) is 0 Å². The largest absolute Gasteiger partial charge is 0.489 e. The first kappa shape index (κ1) is 17.7. The van der Waals surface area contributed by atoms with E-state index in [0.717, 1.165) is 22.2 Å². The molecule has 0 bridgehead atoms. The van der Waals surface area contributed by atoms with Crippen LogP contribution in [0, 0.1) is 6.92 Å². The Bertz CT molecular complexity index is 1110. The number of ether oxygens (including phenoxy) is 2. The van der Waals surface area contributed by atoms with Crippen molar-refractivity contribution in [2.75, 3.05) is 0 Å². The summed E-state index contributed by atoms with van der Waals surface area (Å²) in [4.78, 5) is 17.2. The summed E-state index contributed by atoms with van der Waals surface area (Å²) in [5, 5.41) is 0.779. The zero-order valence-electron chi connectivity index (χ0n) is 15.5. The molecule has 0 aliphatic carbocycles. The molecule has 138 valence electrons. The normalized spacial score (nSPS) is 10.6. The Balaban J connectivity index is 1.47. The maximum absolute atomic E-state index is 12.7. The van der Waals surface area contributed by atoms with Crippen molar-refractivity contribution in [3.63, 3.8) is 0 Å². The standard InChI is InChI=1S/C24H19NO3/c1-17-15-22(21-9-5-6-10-23(21)25-17)24(26)28-20-13-11-19(12-14-20)27-16-18-7-3-2-4-8-18/h2-15H,16H2,1H3. The molecule has 4 aromatic rings. The number of aryl methyl sites for hydroxylation is 1. The highest BCUT2D eigenvalue weighted by Gasteiger charge is 2.14. The van der Waals surface area contributed by atoms with Gasteiger partial charge >= 0.3 is 5.97 Å². The van der Waals surface area contributed by atoms with Gasteiger partial charge in [-0.2, -0.15) is 0 Å². The van der Waals surface area contributed by atoms with Gasteiger partial charge in [-0.05, 0) is 48.9 Å². The van der Waals surface area contributed by atoms with E-state index in [-0.39, 0.29) is 0 Å². The van der Waals surface area contributed by atoms with Crippen LogP contribution < -0.4 is 9.47 Å². The van der Waals surface area contributed by atoms with Crippen LogP contribution in [0.15, 0.2) is 84.9 Å². The molecule has 0 atom stereocenters. The molecule has 0 amide bonds. The van der Waals surface area contributed by atoms with Crippen LogP contribution in [0.3, 0.4) is 0 Å². The highest BCUT2D eigenvalue weighted by atomic mass is 16.5. The number of aromatic nitrogens is 1. The van der Waals surface area contributed by atoms with Crippen molar-refractivity contribution in [3.05, 3.63) is 102 Å². The molecule has 0 fully saturated rings. The van der Waals surface area contributed by atoms with Crippen molar-refractivity contribution in [1.82, 2.24) is 4.98 Å². The molecule has 0 aliphatic heterocycles. The van der Waals surface area contributed by atoms with Gasteiger partial charge < -0.3 is 9.47 Å². The molecule has 4 nitrogen and oxygen atoms in total. The summed E-state index contributed by atoms with van der Waals surface area (Å²) in [5.74, 6) is 0.782. The molecule has 0 aliphatic rings. The third-order valence-electron chi connectivity index (χ3n) is 4.35. The van der Waals surface area contributed by atoms with Crippen LogP contribution >= 0.6 is 0 Å². The van der Waals surface area contributed by atoms with E-state index in [9.17, 15) is 4.79 Å². The molecule has 28 heavy (non-hydrogen) atoms. The second kappa shape index (κ2) is 7.92. The summed E-state index contributed by atoms with van der Waals surface area (Å²) in [7, 11) is 0. The van der Waals surface area contributed by atoms with E-state index < -0.39 is 5.97 Å². The fourth-order valence-corrected chi connectivity index (χ4v) is 2.98. The minimum Gasteiger partial charge on any atom is -0.489 e. The van der Waals surface area contributed by atoms with Crippen molar-refractivity contribution < 1.29 is 14.3 Å². The van der Waals surface area contributed by atoms with Crippen molar-refractivity contribution in [3.8, 4) is 11.5 Å². The molecule has 1 aromatic heterocycles. The summed E-state index contributed by atoms with van der Waals surface area (Å²) in [6.45, 7) is 2.35. The monoisotopic (exact) mass is 369 g/mol. The number of hydrogen-bond donors (Lipinski definition) is 0. The van der Waals surface area contributed by atoms with Crippen molar-refractivity contribution in [2.45, 2.75) is 13.5 Å². The lowest BCUT2D eigenvalue weighted by Crippen LogP contribution is -2.10. The smallest absolute Gasteiger partial charge is 0.344 e. The number of carbonyl (C=O) groups is 1. The first-order valence-electron chi connectivity index (χ1n) is 9.04. The predicted octanol–water partition coefficient (Wildman–Crippen LogP) is 5.34. The Hall–Kier alpha value is -3.66. The molecule has 3 aromatic carbocycles. The van der Waals surface area contributed by atoms with Crippen LogP contribution in [-0.4, -0.2) is 11.0 Å². The molecule has 4 heteroatoms. The van der Waals surface area contributed by atoms with E-state index in [1.54, 1.807) is 30.3 Å². The Morgan fingerprint density at radius 2 is 1.54 bits per heavy atom. The SMILES string of the molecule is Cc1cc(C(=O)Oc2ccc(OCc3ccccc3)cc2)c2ccccc2n1. The van der Waals surface area contributed by atoms with Gasteiger partial charge in [0, 0.05) is 11.1 Å². The van der Waals surface area contributed by atoms with E-state index in [4.69, 9.17) is 9.47 Å². The summed E-state index contributed by atoms with van der Waals surface area (Å²) >= 11 is 0. The van der Waals surface area contributed by atoms with Crippen LogP contribution in [-0.2, 0) is 6.61 Å². The van der Waals surface area contributed by atoms with Gasteiger partial charge in [0.2, 0.25) is 0 Å². The predicted molar refractivity (Wildman–Crippen MR) is 109 cm³/mol. The number of hydrogen-bond acceptors (Lipinski definition) is 4. The summed E-state index contributed by atoms with van der Waals surface area (Å²) in [6, 6.07) is 26.3. The molecule has 0 saturated carbocycles.